The smallest absolute Gasteiger partial charge is 0.00673 e. The zero-order valence-corrected chi connectivity index (χ0v) is 9.83. The molecule has 0 aromatic carbocycles. The Kier molecular flexibility index (Phi) is 5.88. The van der Waals surface area contributed by atoms with Gasteiger partial charge in [-0.25, -0.2) is 0 Å². The normalized spacial score (nSPS) is 20.8. The molecule has 1 fully saturated rings. The van der Waals surface area contributed by atoms with Gasteiger partial charge in [-0.1, -0.05) is 19.8 Å². The SMILES string of the molecule is CCSCCNC(C)C1CCCC1. The van der Waals surface area contributed by atoms with Crippen LogP contribution in [0.25, 0.3) is 0 Å². The fourth-order valence-corrected chi connectivity index (χ4v) is 2.68. The summed E-state index contributed by atoms with van der Waals surface area (Å²) >= 11 is 2.03. The van der Waals surface area contributed by atoms with Gasteiger partial charge < -0.3 is 5.32 Å². The van der Waals surface area contributed by atoms with Gasteiger partial charge in [0.05, 0.1) is 0 Å². The third-order valence-corrected chi connectivity index (χ3v) is 3.92. The summed E-state index contributed by atoms with van der Waals surface area (Å²) in [6.07, 6.45) is 5.82. The van der Waals surface area contributed by atoms with Crippen molar-refractivity contribution < 1.29 is 0 Å². The first-order chi connectivity index (χ1) is 6.34. The lowest BCUT2D eigenvalue weighted by atomic mass is 10.00. The lowest BCUT2D eigenvalue weighted by molar-refractivity contribution is 0.390. The van der Waals surface area contributed by atoms with Gasteiger partial charge in [0, 0.05) is 18.3 Å². The van der Waals surface area contributed by atoms with E-state index in [0.717, 1.165) is 12.0 Å². The molecule has 1 atom stereocenters. The molecule has 1 unspecified atom stereocenters. The van der Waals surface area contributed by atoms with Gasteiger partial charge in [0.2, 0.25) is 0 Å². The third-order valence-electron chi connectivity index (χ3n) is 3.02. The van der Waals surface area contributed by atoms with Gasteiger partial charge in [0.15, 0.2) is 0 Å². The zero-order chi connectivity index (χ0) is 9.52. The van der Waals surface area contributed by atoms with E-state index in [2.05, 4.69) is 19.2 Å². The maximum absolute atomic E-state index is 3.64. The average molecular weight is 201 g/mol. The first-order valence-corrected chi connectivity index (χ1v) is 6.81. The van der Waals surface area contributed by atoms with E-state index in [-0.39, 0.29) is 0 Å². The van der Waals surface area contributed by atoms with Crippen LogP contribution in [0.2, 0.25) is 0 Å². The second kappa shape index (κ2) is 6.72. The maximum Gasteiger partial charge on any atom is 0.00673 e. The van der Waals surface area contributed by atoms with Crippen LogP contribution in [0.5, 0.6) is 0 Å². The standard InChI is InChI=1S/C11H23NS/c1-3-13-9-8-12-10(2)11-6-4-5-7-11/h10-12H,3-9H2,1-2H3. The van der Waals surface area contributed by atoms with E-state index in [1.165, 1.54) is 43.7 Å². The highest BCUT2D eigenvalue weighted by molar-refractivity contribution is 7.99. The molecule has 1 aliphatic rings. The summed E-state index contributed by atoms with van der Waals surface area (Å²) in [5, 5.41) is 3.64. The molecule has 1 rings (SSSR count). The Morgan fingerprint density at radius 2 is 2.08 bits per heavy atom. The molecule has 0 aromatic rings. The Hall–Kier alpha value is 0.310. The predicted molar refractivity (Wildman–Crippen MR) is 62.4 cm³/mol. The van der Waals surface area contributed by atoms with E-state index < -0.39 is 0 Å². The van der Waals surface area contributed by atoms with Crippen molar-refractivity contribution in [2.75, 3.05) is 18.1 Å². The molecule has 0 aliphatic heterocycles. The van der Waals surface area contributed by atoms with Crippen molar-refractivity contribution >= 4 is 11.8 Å². The third kappa shape index (κ3) is 4.37. The minimum Gasteiger partial charge on any atom is -0.313 e. The molecule has 13 heavy (non-hydrogen) atoms. The minimum absolute atomic E-state index is 0.750. The van der Waals surface area contributed by atoms with Crippen LogP contribution in [0.15, 0.2) is 0 Å². The molecule has 0 amide bonds. The Labute approximate surface area is 87.1 Å². The molecule has 0 heterocycles. The van der Waals surface area contributed by atoms with Crippen molar-refractivity contribution in [1.29, 1.82) is 0 Å². The van der Waals surface area contributed by atoms with Crippen molar-refractivity contribution in [2.24, 2.45) is 5.92 Å². The van der Waals surface area contributed by atoms with Crippen LogP contribution in [0, 0.1) is 5.92 Å². The van der Waals surface area contributed by atoms with Crippen molar-refractivity contribution in [3.63, 3.8) is 0 Å². The molecule has 0 bridgehead atoms. The molecule has 0 spiro atoms. The van der Waals surface area contributed by atoms with Crippen LogP contribution in [0.3, 0.4) is 0 Å². The van der Waals surface area contributed by atoms with Gasteiger partial charge in [-0.3, -0.25) is 0 Å². The zero-order valence-electron chi connectivity index (χ0n) is 9.01. The molecule has 0 aromatic heterocycles. The topological polar surface area (TPSA) is 12.0 Å². The summed E-state index contributed by atoms with van der Waals surface area (Å²) in [5.41, 5.74) is 0. The second-order valence-corrected chi connectivity index (χ2v) is 5.38. The second-order valence-electron chi connectivity index (χ2n) is 3.98. The molecule has 1 nitrogen and oxygen atoms in total. The Balaban J connectivity index is 1.99. The van der Waals surface area contributed by atoms with Gasteiger partial charge in [-0.05, 0) is 31.4 Å². The van der Waals surface area contributed by atoms with Gasteiger partial charge >= 0.3 is 0 Å². The van der Waals surface area contributed by atoms with E-state index in [1.807, 2.05) is 11.8 Å². The quantitative estimate of drug-likeness (QED) is 0.663. The number of thioether (sulfide) groups is 1. The average Bonchev–Trinajstić information content (AvgIpc) is 2.65. The van der Waals surface area contributed by atoms with E-state index in [0.29, 0.717) is 0 Å². The monoisotopic (exact) mass is 201 g/mol. The first-order valence-electron chi connectivity index (χ1n) is 5.65. The number of rotatable bonds is 6. The summed E-state index contributed by atoms with van der Waals surface area (Å²) in [5.74, 6) is 3.49. The molecular formula is C11H23NS. The highest BCUT2D eigenvalue weighted by Gasteiger charge is 2.20. The van der Waals surface area contributed by atoms with E-state index in [9.17, 15) is 0 Å². The molecular weight excluding hydrogens is 178 g/mol. The van der Waals surface area contributed by atoms with Crippen LogP contribution in [-0.4, -0.2) is 24.1 Å². The molecule has 0 radical (unpaired) electrons. The van der Waals surface area contributed by atoms with Crippen LogP contribution < -0.4 is 5.32 Å². The van der Waals surface area contributed by atoms with E-state index in [4.69, 9.17) is 0 Å². The maximum atomic E-state index is 3.64. The van der Waals surface area contributed by atoms with E-state index in [1.54, 1.807) is 0 Å². The lowest BCUT2D eigenvalue weighted by Gasteiger charge is -2.20. The van der Waals surface area contributed by atoms with Gasteiger partial charge in [0.1, 0.15) is 0 Å². The van der Waals surface area contributed by atoms with E-state index >= 15 is 0 Å². The molecule has 0 saturated heterocycles. The Bertz CT molecular complexity index is 121. The predicted octanol–water partition coefficient (Wildman–Crippen LogP) is 2.91. The fraction of sp³-hybridized carbons (Fsp3) is 1.00. The van der Waals surface area contributed by atoms with Crippen molar-refractivity contribution in [1.82, 2.24) is 5.32 Å². The van der Waals surface area contributed by atoms with Crippen LogP contribution in [-0.2, 0) is 0 Å². The van der Waals surface area contributed by atoms with Gasteiger partial charge in [0.25, 0.3) is 0 Å². The first kappa shape index (κ1) is 11.4. The Morgan fingerprint density at radius 3 is 2.69 bits per heavy atom. The number of hydrogen-bond acceptors (Lipinski definition) is 2. The number of hydrogen-bond donors (Lipinski definition) is 1. The molecule has 1 N–H and O–H groups in total. The van der Waals surface area contributed by atoms with Gasteiger partial charge in [-0.15, -0.1) is 0 Å². The summed E-state index contributed by atoms with van der Waals surface area (Å²) in [6, 6.07) is 0.750. The molecule has 78 valence electrons. The molecule has 1 saturated carbocycles. The minimum atomic E-state index is 0.750. The largest absolute Gasteiger partial charge is 0.313 e. The van der Waals surface area contributed by atoms with Crippen molar-refractivity contribution in [3.8, 4) is 0 Å². The molecule has 2 heteroatoms. The fourth-order valence-electron chi connectivity index (χ4n) is 2.13. The van der Waals surface area contributed by atoms with Crippen LogP contribution in [0.4, 0.5) is 0 Å². The summed E-state index contributed by atoms with van der Waals surface area (Å²) in [7, 11) is 0. The lowest BCUT2D eigenvalue weighted by Crippen LogP contribution is -2.33. The summed E-state index contributed by atoms with van der Waals surface area (Å²) in [4.78, 5) is 0. The van der Waals surface area contributed by atoms with Crippen LogP contribution >= 0.6 is 11.8 Å². The summed E-state index contributed by atoms with van der Waals surface area (Å²) in [6.45, 7) is 5.77. The van der Waals surface area contributed by atoms with Gasteiger partial charge in [-0.2, -0.15) is 11.8 Å². The highest BCUT2D eigenvalue weighted by atomic mass is 32.2. The van der Waals surface area contributed by atoms with Crippen molar-refractivity contribution in [2.45, 2.75) is 45.6 Å². The summed E-state index contributed by atoms with van der Waals surface area (Å²) < 4.78 is 0. The Morgan fingerprint density at radius 1 is 1.38 bits per heavy atom. The molecule has 1 aliphatic carbocycles. The highest BCUT2D eigenvalue weighted by Crippen LogP contribution is 2.27. The van der Waals surface area contributed by atoms with Crippen LogP contribution in [0.1, 0.15) is 39.5 Å². The van der Waals surface area contributed by atoms with Crippen molar-refractivity contribution in [3.05, 3.63) is 0 Å². The number of nitrogens with one attached hydrogen (secondary N) is 1.